The highest BCUT2D eigenvalue weighted by atomic mass is 79.9. The molecule has 31 heavy (non-hydrogen) atoms. The van der Waals surface area contributed by atoms with Gasteiger partial charge in [0.25, 0.3) is 5.91 Å². The van der Waals surface area contributed by atoms with Crippen LogP contribution in [0.5, 0.6) is 11.5 Å². The Bertz CT molecular complexity index is 1020. The largest absolute Gasteiger partial charge is 0.490 e. The Balaban J connectivity index is 1.88. The van der Waals surface area contributed by atoms with E-state index < -0.39 is 0 Å². The van der Waals surface area contributed by atoms with E-state index in [2.05, 4.69) is 40.0 Å². The molecule has 5 nitrogen and oxygen atoms in total. The third-order valence-corrected chi connectivity index (χ3v) is 6.23. The minimum absolute atomic E-state index is 0.0199. The number of aryl methyl sites for hydroxylation is 1. The molecule has 2 aromatic carbocycles. The molecule has 1 saturated heterocycles. The Morgan fingerprint density at radius 2 is 1.97 bits per heavy atom. The molecule has 0 saturated carbocycles. The van der Waals surface area contributed by atoms with E-state index in [0.29, 0.717) is 42.7 Å². The SMILES string of the molecule is CCN=C1S/C(=C/c2cc(Br)c(OCc3cccc(C)c3)c(OCC)c2)C(=O)N1CC. The maximum atomic E-state index is 12.8. The van der Waals surface area contributed by atoms with Crippen LogP contribution in [0.15, 0.2) is 50.8 Å². The average molecular weight is 503 g/mol. The van der Waals surface area contributed by atoms with E-state index in [1.54, 1.807) is 4.90 Å². The summed E-state index contributed by atoms with van der Waals surface area (Å²) in [5.41, 5.74) is 3.15. The van der Waals surface area contributed by atoms with Crippen molar-refractivity contribution in [2.75, 3.05) is 19.7 Å². The lowest BCUT2D eigenvalue weighted by atomic mass is 10.1. The Hall–Kier alpha value is -2.25. The molecule has 0 aromatic heterocycles. The van der Waals surface area contributed by atoms with Crippen LogP contribution in [-0.2, 0) is 11.4 Å². The van der Waals surface area contributed by atoms with Gasteiger partial charge in [-0.3, -0.25) is 14.7 Å². The van der Waals surface area contributed by atoms with Crippen molar-refractivity contribution in [3.8, 4) is 11.5 Å². The summed E-state index contributed by atoms with van der Waals surface area (Å²) >= 11 is 5.03. The Kier molecular flexibility index (Phi) is 8.21. The number of benzene rings is 2. The van der Waals surface area contributed by atoms with Crippen molar-refractivity contribution in [3.05, 3.63) is 62.5 Å². The van der Waals surface area contributed by atoms with Gasteiger partial charge in [-0.2, -0.15) is 0 Å². The van der Waals surface area contributed by atoms with Crippen molar-refractivity contribution >= 4 is 44.8 Å². The van der Waals surface area contributed by atoms with Crippen molar-refractivity contribution in [2.24, 2.45) is 4.99 Å². The minimum Gasteiger partial charge on any atom is -0.490 e. The van der Waals surface area contributed by atoms with E-state index in [1.807, 2.05) is 51.1 Å². The minimum atomic E-state index is -0.0199. The van der Waals surface area contributed by atoms with Gasteiger partial charge in [-0.15, -0.1) is 0 Å². The maximum absolute atomic E-state index is 12.8. The number of carbonyl (C=O) groups is 1. The van der Waals surface area contributed by atoms with Gasteiger partial charge in [0, 0.05) is 13.1 Å². The summed E-state index contributed by atoms with van der Waals surface area (Å²) in [6.07, 6.45) is 1.88. The Labute approximate surface area is 196 Å². The summed E-state index contributed by atoms with van der Waals surface area (Å²) in [5, 5.41) is 0.753. The van der Waals surface area contributed by atoms with Crippen LogP contribution in [0.1, 0.15) is 37.5 Å². The predicted octanol–water partition coefficient (Wildman–Crippen LogP) is 6.05. The van der Waals surface area contributed by atoms with Gasteiger partial charge < -0.3 is 9.47 Å². The molecule has 0 bridgehead atoms. The topological polar surface area (TPSA) is 51.1 Å². The quantitative estimate of drug-likeness (QED) is 0.412. The van der Waals surface area contributed by atoms with Gasteiger partial charge >= 0.3 is 0 Å². The fraction of sp³-hybridized carbons (Fsp3) is 0.333. The summed E-state index contributed by atoms with van der Waals surface area (Å²) in [6.45, 7) is 10.1. The van der Waals surface area contributed by atoms with Crippen LogP contribution >= 0.6 is 27.7 Å². The highest BCUT2D eigenvalue weighted by Crippen LogP contribution is 2.39. The van der Waals surface area contributed by atoms with Gasteiger partial charge in [-0.05, 0) is 84.7 Å². The van der Waals surface area contributed by atoms with Gasteiger partial charge in [0.15, 0.2) is 16.7 Å². The summed E-state index contributed by atoms with van der Waals surface area (Å²) in [4.78, 5) is 19.6. The van der Waals surface area contributed by atoms with Crippen molar-refractivity contribution in [1.29, 1.82) is 0 Å². The lowest BCUT2D eigenvalue weighted by Crippen LogP contribution is -2.28. The maximum Gasteiger partial charge on any atom is 0.266 e. The zero-order chi connectivity index (χ0) is 22.4. The van der Waals surface area contributed by atoms with Gasteiger partial charge in [-0.25, -0.2) is 0 Å². The number of thioether (sulfide) groups is 1. The molecule has 1 aliphatic rings. The molecule has 0 aliphatic carbocycles. The van der Waals surface area contributed by atoms with Crippen LogP contribution in [0.2, 0.25) is 0 Å². The number of carbonyl (C=O) groups excluding carboxylic acids is 1. The summed E-state index contributed by atoms with van der Waals surface area (Å²) < 4.78 is 12.7. The molecule has 1 aliphatic heterocycles. The van der Waals surface area contributed by atoms with E-state index in [-0.39, 0.29) is 5.91 Å². The number of rotatable bonds is 8. The second-order valence-electron chi connectivity index (χ2n) is 6.96. The predicted molar refractivity (Wildman–Crippen MR) is 132 cm³/mol. The van der Waals surface area contributed by atoms with Crippen molar-refractivity contribution in [1.82, 2.24) is 4.90 Å². The molecule has 0 radical (unpaired) electrons. The highest BCUT2D eigenvalue weighted by Gasteiger charge is 2.31. The molecule has 0 unspecified atom stereocenters. The number of amides is 1. The molecular formula is C24H27BrN2O3S. The molecule has 0 atom stereocenters. The van der Waals surface area contributed by atoms with E-state index in [1.165, 1.54) is 17.3 Å². The van der Waals surface area contributed by atoms with Gasteiger partial charge in [-0.1, -0.05) is 29.8 Å². The molecule has 0 N–H and O–H groups in total. The Morgan fingerprint density at radius 1 is 1.16 bits per heavy atom. The van der Waals surface area contributed by atoms with Gasteiger partial charge in [0.05, 0.1) is 16.0 Å². The highest BCUT2D eigenvalue weighted by molar-refractivity contribution is 9.10. The fourth-order valence-electron chi connectivity index (χ4n) is 3.22. The molecule has 1 heterocycles. The van der Waals surface area contributed by atoms with Crippen LogP contribution in [0.3, 0.4) is 0 Å². The average Bonchev–Trinajstić information content (AvgIpc) is 3.02. The zero-order valence-corrected chi connectivity index (χ0v) is 20.7. The van der Waals surface area contributed by atoms with Crippen molar-refractivity contribution in [3.63, 3.8) is 0 Å². The molecule has 1 amide bonds. The van der Waals surface area contributed by atoms with Crippen molar-refractivity contribution in [2.45, 2.75) is 34.3 Å². The fourth-order valence-corrected chi connectivity index (χ4v) is 4.90. The smallest absolute Gasteiger partial charge is 0.266 e. The number of hydrogen-bond donors (Lipinski definition) is 0. The lowest BCUT2D eigenvalue weighted by Gasteiger charge is -2.15. The molecule has 1 fully saturated rings. The van der Waals surface area contributed by atoms with Crippen LogP contribution in [0, 0.1) is 6.92 Å². The second kappa shape index (κ2) is 10.9. The van der Waals surface area contributed by atoms with E-state index >= 15 is 0 Å². The van der Waals surface area contributed by atoms with Crippen LogP contribution in [0.25, 0.3) is 6.08 Å². The standard InChI is InChI=1S/C24H27BrN2O3S/c1-5-26-24-27(6-2)23(28)21(31-24)14-18-12-19(25)22(20(13-18)29-7-3)30-15-17-10-8-9-16(4)11-17/h8-14H,5-7,15H2,1-4H3/b21-14+,26-24?. The summed E-state index contributed by atoms with van der Waals surface area (Å²) in [6, 6.07) is 12.1. The van der Waals surface area contributed by atoms with Crippen LogP contribution < -0.4 is 9.47 Å². The summed E-state index contributed by atoms with van der Waals surface area (Å²) in [5.74, 6) is 1.27. The normalized spacial score (nSPS) is 16.4. The third-order valence-electron chi connectivity index (χ3n) is 4.59. The van der Waals surface area contributed by atoms with Gasteiger partial charge in [0.1, 0.15) is 6.61 Å². The molecule has 0 spiro atoms. The first-order valence-corrected chi connectivity index (χ1v) is 12.0. The van der Waals surface area contributed by atoms with E-state index in [0.717, 1.165) is 20.8 Å². The third kappa shape index (κ3) is 5.71. The summed E-state index contributed by atoms with van der Waals surface area (Å²) in [7, 11) is 0. The number of halogens is 1. The number of amidine groups is 1. The number of aliphatic imine (C=N–C) groups is 1. The van der Waals surface area contributed by atoms with Crippen LogP contribution in [0.4, 0.5) is 0 Å². The lowest BCUT2D eigenvalue weighted by molar-refractivity contribution is -0.122. The molecule has 3 rings (SSSR count). The molecule has 2 aromatic rings. The molecular weight excluding hydrogens is 476 g/mol. The number of ether oxygens (including phenoxy) is 2. The van der Waals surface area contributed by atoms with E-state index in [4.69, 9.17) is 9.47 Å². The number of nitrogens with zero attached hydrogens (tertiary/aromatic N) is 2. The number of hydrogen-bond acceptors (Lipinski definition) is 5. The van der Waals surface area contributed by atoms with Crippen LogP contribution in [-0.4, -0.2) is 35.7 Å². The second-order valence-corrected chi connectivity index (χ2v) is 8.82. The first-order chi connectivity index (χ1) is 15.0. The van der Waals surface area contributed by atoms with E-state index in [9.17, 15) is 4.79 Å². The van der Waals surface area contributed by atoms with Crippen molar-refractivity contribution < 1.29 is 14.3 Å². The first-order valence-electron chi connectivity index (χ1n) is 10.4. The monoisotopic (exact) mass is 502 g/mol. The number of likely N-dealkylation sites (N-methyl/N-ethyl adjacent to an activating group) is 1. The van der Waals surface area contributed by atoms with Gasteiger partial charge in [0.2, 0.25) is 0 Å². The zero-order valence-electron chi connectivity index (χ0n) is 18.3. The molecule has 164 valence electrons. The first kappa shape index (κ1) is 23.4. The Morgan fingerprint density at radius 3 is 2.65 bits per heavy atom. The molecule has 7 heteroatoms.